The fraction of sp³-hybridized carbons (Fsp3) is 0.167. The van der Waals surface area contributed by atoms with Gasteiger partial charge < -0.3 is 14.4 Å². The largest absolute Gasteiger partial charge is 0.486 e. The van der Waals surface area contributed by atoms with Gasteiger partial charge in [-0.3, -0.25) is 0 Å². The molecule has 0 radical (unpaired) electrons. The van der Waals surface area contributed by atoms with Crippen LogP contribution in [0.15, 0.2) is 30.5 Å². The molecule has 0 saturated heterocycles. The lowest BCUT2D eigenvalue weighted by molar-refractivity contribution is 0.0679. The molecule has 0 unspecified atom stereocenters. The van der Waals surface area contributed by atoms with Crippen molar-refractivity contribution in [3.05, 3.63) is 47.0 Å². The number of para-hydroxylation sites is 1. The number of hydrogen-bond acceptors (Lipinski definition) is 3. The van der Waals surface area contributed by atoms with Gasteiger partial charge in [-0.15, -0.1) is 0 Å². The molecule has 0 aliphatic carbocycles. The van der Waals surface area contributed by atoms with Crippen LogP contribution in [0.1, 0.15) is 16.3 Å². The SMILES string of the molecule is Cn1c(COc2ccccc2Cl)cnc1C(=O)O. The van der Waals surface area contributed by atoms with Gasteiger partial charge in [0.1, 0.15) is 12.4 Å². The number of ether oxygens (including phenoxy) is 1. The zero-order valence-electron chi connectivity index (χ0n) is 9.63. The van der Waals surface area contributed by atoms with Crippen molar-refractivity contribution in [1.29, 1.82) is 0 Å². The first-order valence-electron chi connectivity index (χ1n) is 5.21. The highest BCUT2D eigenvalue weighted by atomic mass is 35.5. The number of rotatable bonds is 4. The predicted molar refractivity (Wildman–Crippen MR) is 66.0 cm³/mol. The van der Waals surface area contributed by atoms with Gasteiger partial charge >= 0.3 is 5.97 Å². The van der Waals surface area contributed by atoms with Crippen LogP contribution in [0.4, 0.5) is 0 Å². The Morgan fingerprint density at radius 2 is 2.22 bits per heavy atom. The number of aromatic nitrogens is 2. The van der Waals surface area contributed by atoms with Crippen molar-refractivity contribution in [1.82, 2.24) is 9.55 Å². The van der Waals surface area contributed by atoms with E-state index >= 15 is 0 Å². The molecule has 0 saturated carbocycles. The minimum absolute atomic E-state index is 0.0206. The molecule has 0 spiro atoms. The van der Waals surface area contributed by atoms with Crippen molar-refractivity contribution >= 4 is 17.6 Å². The summed E-state index contributed by atoms with van der Waals surface area (Å²) >= 11 is 5.94. The average Bonchev–Trinajstić information content (AvgIpc) is 2.70. The Labute approximate surface area is 109 Å². The van der Waals surface area contributed by atoms with E-state index in [1.807, 2.05) is 12.1 Å². The molecule has 18 heavy (non-hydrogen) atoms. The number of imidazole rings is 1. The Morgan fingerprint density at radius 3 is 2.83 bits per heavy atom. The summed E-state index contributed by atoms with van der Waals surface area (Å²) in [5, 5.41) is 9.38. The topological polar surface area (TPSA) is 64.4 Å². The van der Waals surface area contributed by atoms with E-state index in [9.17, 15) is 4.79 Å². The second-order valence-electron chi connectivity index (χ2n) is 3.66. The highest BCUT2D eigenvalue weighted by molar-refractivity contribution is 6.32. The minimum Gasteiger partial charge on any atom is -0.486 e. The molecule has 94 valence electrons. The molecule has 6 heteroatoms. The van der Waals surface area contributed by atoms with Gasteiger partial charge in [0, 0.05) is 7.05 Å². The summed E-state index contributed by atoms with van der Waals surface area (Å²) in [6.07, 6.45) is 1.47. The molecule has 0 aliphatic heterocycles. The minimum atomic E-state index is -1.07. The molecule has 1 aromatic carbocycles. The average molecular weight is 267 g/mol. The molecule has 2 aromatic rings. The lowest BCUT2D eigenvalue weighted by Crippen LogP contribution is -2.09. The second kappa shape index (κ2) is 5.10. The number of aromatic carboxylic acids is 1. The van der Waals surface area contributed by atoms with Crippen molar-refractivity contribution in [2.75, 3.05) is 0 Å². The van der Waals surface area contributed by atoms with Crippen LogP contribution in [-0.4, -0.2) is 20.6 Å². The maximum atomic E-state index is 10.8. The summed E-state index contributed by atoms with van der Waals surface area (Å²) in [4.78, 5) is 14.6. The lowest BCUT2D eigenvalue weighted by atomic mass is 10.3. The molecular weight excluding hydrogens is 256 g/mol. The van der Waals surface area contributed by atoms with Gasteiger partial charge in [0.2, 0.25) is 5.82 Å². The quantitative estimate of drug-likeness (QED) is 0.923. The summed E-state index contributed by atoms with van der Waals surface area (Å²) in [7, 11) is 1.63. The van der Waals surface area contributed by atoms with Crippen molar-refractivity contribution in [2.45, 2.75) is 6.61 Å². The number of halogens is 1. The monoisotopic (exact) mass is 266 g/mol. The van der Waals surface area contributed by atoms with Crippen LogP contribution in [0.3, 0.4) is 0 Å². The fourth-order valence-electron chi connectivity index (χ4n) is 1.49. The van der Waals surface area contributed by atoms with Gasteiger partial charge in [0.25, 0.3) is 0 Å². The van der Waals surface area contributed by atoms with Gasteiger partial charge in [-0.1, -0.05) is 23.7 Å². The smallest absolute Gasteiger partial charge is 0.372 e. The van der Waals surface area contributed by atoms with Crippen LogP contribution in [0.25, 0.3) is 0 Å². The number of nitrogens with zero attached hydrogens (tertiary/aromatic N) is 2. The van der Waals surface area contributed by atoms with Gasteiger partial charge in [0.15, 0.2) is 0 Å². The molecule has 0 bridgehead atoms. The molecule has 5 nitrogen and oxygen atoms in total. The molecular formula is C12H11ClN2O3. The lowest BCUT2D eigenvalue weighted by Gasteiger charge is -2.08. The molecule has 0 amide bonds. The number of hydrogen-bond donors (Lipinski definition) is 1. The van der Waals surface area contributed by atoms with Crippen LogP contribution in [-0.2, 0) is 13.7 Å². The van der Waals surface area contributed by atoms with Gasteiger partial charge in [-0.25, -0.2) is 9.78 Å². The molecule has 0 atom stereocenters. The number of carboxylic acid groups (broad SMARTS) is 1. The molecule has 1 N–H and O–H groups in total. The maximum Gasteiger partial charge on any atom is 0.372 e. The summed E-state index contributed by atoms with van der Waals surface area (Å²) in [5.41, 5.74) is 0.660. The summed E-state index contributed by atoms with van der Waals surface area (Å²) in [6, 6.07) is 7.09. The Hall–Kier alpha value is -2.01. The Balaban J connectivity index is 2.12. The van der Waals surface area contributed by atoms with Crippen LogP contribution in [0.5, 0.6) is 5.75 Å². The molecule has 0 fully saturated rings. The van der Waals surface area contributed by atoms with E-state index in [1.54, 1.807) is 19.2 Å². The van der Waals surface area contributed by atoms with Crippen LogP contribution < -0.4 is 4.74 Å². The van der Waals surface area contributed by atoms with Crippen LogP contribution in [0.2, 0.25) is 5.02 Å². The van der Waals surface area contributed by atoms with Crippen LogP contribution >= 0.6 is 11.6 Å². The standard InChI is InChI=1S/C12H11ClN2O3/c1-15-8(6-14-11(15)12(16)17)7-18-10-5-3-2-4-9(10)13/h2-6H,7H2,1H3,(H,16,17). The Kier molecular flexibility index (Phi) is 3.53. The number of benzene rings is 1. The predicted octanol–water partition coefficient (Wildman–Crippen LogP) is 2.35. The van der Waals surface area contributed by atoms with Crippen LogP contribution in [0, 0.1) is 0 Å². The van der Waals surface area contributed by atoms with Crippen molar-refractivity contribution < 1.29 is 14.6 Å². The fourth-order valence-corrected chi connectivity index (χ4v) is 1.68. The first-order valence-corrected chi connectivity index (χ1v) is 5.58. The van der Waals surface area contributed by atoms with Crippen molar-refractivity contribution in [3.8, 4) is 5.75 Å². The molecule has 1 heterocycles. The molecule has 2 rings (SSSR count). The highest BCUT2D eigenvalue weighted by Crippen LogP contribution is 2.24. The number of carbonyl (C=O) groups is 1. The van der Waals surface area contributed by atoms with Gasteiger partial charge in [-0.05, 0) is 12.1 Å². The van der Waals surface area contributed by atoms with E-state index in [0.29, 0.717) is 16.5 Å². The van der Waals surface area contributed by atoms with Crippen molar-refractivity contribution in [3.63, 3.8) is 0 Å². The van der Waals surface area contributed by atoms with Gasteiger partial charge in [0.05, 0.1) is 16.9 Å². The third-order valence-electron chi connectivity index (χ3n) is 2.49. The zero-order chi connectivity index (χ0) is 13.1. The van der Waals surface area contributed by atoms with E-state index in [-0.39, 0.29) is 12.4 Å². The van der Waals surface area contributed by atoms with E-state index < -0.39 is 5.97 Å². The third kappa shape index (κ3) is 2.46. The summed E-state index contributed by atoms with van der Waals surface area (Å²) in [5.74, 6) is -0.536. The highest BCUT2D eigenvalue weighted by Gasteiger charge is 2.13. The Morgan fingerprint density at radius 1 is 1.50 bits per heavy atom. The third-order valence-corrected chi connectivity index (χ3v) is 2.80. The first kappa shape index (κ1) is 12.4. The van der Waals surface area contributed by atoms with E-state index in [0.717, 1.165) is 0 Å². The maximum absolute atomic E-state index is 10.8. The molecule has 0 aliphatic rings. The van der Waals surface area contributed by atoms with Crippen molar-refractivity contribution in [2.24, 2.45) is 7.05 Å². The second-order valence-corrected chi connectivity index (χ2v) is 4.06. The van der Waals surface area contributed by atoms with Gasteiger partial charge in [-0.2, -0.15) is 0 Å². The van der Waals surface area contributed by atoms with E-state index in [1.165, 1.54) is 10.8 Å². The number of carboxylic acids is 1. The Bertz CT molecular complexity index is 580. The van der Waals surface area contributed by atoms with E-state index in [4.69, 9.17) is 21.4 Å². The van der Waals surface area contributed by atoms with E-state index in [2.05, 4.69) is 4.98 Å². The summed E-state index contributed by atoms with van der Waals surface area (Å²) < 4.78 is 6.98. The normalized spacial score (nSPS) is 10.3. The molecule has 1 aromatic heterocycles. The summed E-state index contributed by atoms with van der Waals surface area (Å²) in [6.45, 7) is 0.209. The zero-order valence-corrected chi connectivity index (χ0v) is 10.4. The first-order chi connectivity index (χ1) is 8.59.